The summed E-state index contributed by atoms with van der Waals surface area (Å²) in [5.74, 6) is 0. The van der Waals surface area contributed by atoms with Gasteiger partial charge in [-0.15, -0.1) is 5.73 Å². The van der Waals surface area contributed by atoms with Crippen LogP contribution >= 0.6 is 0 Å². The van der Waals surface area contributed by atoms with Crippen molar-refractivity contribution in [3.63, 3.8) is 0 Å². The second-order valence-electron chi connectivity index (χ2n) is 3.42. The first kappa shape index (κ1) is 13.5. The highest BCUT2D eigenvalue weighted by molar-refractivity contribution is 5.22. The van der Waals surface area contributed by atoms with Gasteiger partial charge in [-0.2, -0.15) is 0 Å². The maximum atomic E-state index is 3.96. The van der Waals surface area contributed by atoms with E-state index in [2.05, 4.69) is 43.3 Å². The molecule has 0 aromatic heterocycles. The molecule has 1 heteroatoms. The van der Waals surface area contributed by atoms with Crippen molar-refractivity contribution >= 4 is 0 Å². The van der Waals surface area contributed by atoms with Crippen molar-refractivity contribution < 1.29 is 0 Å². The fourth-order valence-corrected chi connectivity index (χ4v) is 1.09. The van der Waals surface area contributed by atoms with Crippen LogP contribution in [-0.2, 0) is 0 Å². The molecule has 0 aromatic carbocycles. The molecule has 15 heavy (non-hydrogen) atoms. The summed E-state index contributed by atoms with van der Waals surface area (Å²) in [7, 11) is 0. The second kappa shape index (κ2) is 7.90. The van der Waals surface area contributed by atoms with E-state index < -0.39 is 0 Å². The molecule has 0 radical (unpaired) electrons. The van der Waals surface area contributed by atoms with Crippen molar-refractivity contribution in [1.29, 1.82) is 0 Å². The summed E-state index contributed by atoms with van der Waals surface area (Å²) in [4.78, 5) is 0. The quantitative estimate of drug-likeness (QED) is 0.506. The minimum atomic E-state index is 0.792. The molecule has 0 atom stereocenters. The predicted molar refractivity (Wildman–Crippen MR) is 68.4 cm³/mol. The van der Waals surface area contributed by atoms with Gasteiger partial charge in [0.05, 0.1) is 0 Å². The minimum Gasteiger partial charge on any atom is -0.359 e. The van der Waals surface area contributed by atoms with Gasteiger partial charge in [0.15, 0.2) is 0 Å². The first-order valence-corrected chi connectivity index (χ1v) is 5.27. The molecule has 0 aliphatic carbocycles. The Balaban J connectivity index is 4.26. The Morgan fingerprint density at radius 3 is 2.60 bits per heavy atom. The van der Waals surface area contributed by atoms with E-state index in [1.807, 2.05) is 19.9 Å². The molecule has 0 saturated heterocycles. The molecule has 82 valence electrons. The Morgan fingerprint density at radius 1 is 1.47 bits per heavy atom. The van der Waals surface area contributed by atoms with Gasteiger partial charge in [-0.05, 0) is 31.9 Å². The van der Waals surface area contributed by atoms with Crippen LogP contribution in [0.15, 0.2) is 54.1 Å². The Hall–Kier alpha value is -1.46. The smallest absolute Gasteiger partial charge is 0.0335 e. The summed E-state index contributed by atoms with van der Waals surface area (Å²) in [5, 5.41) is 3.26. The molecule has 0 unspecified atom stereocenters. The predicted octanol–water partition coefficient (Wildman–Crippen LogP) is 4.08. The molecule has 0 amide bonds. The highest BCUT2D eigenvalue weighted by atomic mass is 14.9. The summed E-state index contributed by atoms with van der Waals surface area (Å²) in [6.45, 7) is 13.7. The Labute approximate surface area is 93.6 Å². The number of nitrogens with one attached hydrogen (secondary N) is 1. The zero-order chi connectivity index (χ0) is 11.7. The van der Waals surface area contributed by atoms with E-state index in [-0.39, 0.29) is 0 Å². The summed E-state index contributed by atoms with van der Waals surface area (Å²) in [5.41, 5.74) is 6.01. The van der Waals surface area contributed by atoms with Crippen molar-refractivity contribution in [1.82, 2.24) is 5.32 Å². The third kappa shape index (κ3) is 6.59. The van der Waals surface area contributed by atoms with Crippen LogP contribution in [0, 0.1) is 0 Å². The van der Waals surface area contributed by atoms with Crippen molar-refractivity contribution in [2.45, 2.75) is 33.6 Å². The lowest BCUT2D eigenvalue weighted by molar-refractivity contribution is 0.928. The SMILES string of the molecule is C=C=C(C)CC(=C)NC(/C=C\CC)=C/C. The van der Waals surface area contributed by atoms with Crippen LogP contribution in [0.4, 0.5) is 0 Å². The number of hydrogen-bond acceptors (Lipinski definition) is 1. The lowest BCUT2D eigenvalue weighted by Gasteiger charge is -2.09. The van der Waals surface area contributed by atoms with Crippen LogP contribution in [0.1, 0.15) is 33.6 Å². The van der Waals surface area contributed by atoms with Crippen molar-refractivity contribution in [2.75, 3.05) is 0 Å². The van der Waals surface area contributed by atoms with Crippen LogP contribution in [0.2, 0.25) is 0 Å². The standard InChI is InChI=1S/C14H21N/c1-6-9-10-14(8-3)15-13(5)11-12(4)7-2/h8-10,15H,2,5-6,11H2,1,3-4H3/b10-9-,14-8+. The van der Waals surface area contributed by atoms with Gasteiger partial charge < -0.3 is 5.32 Å². The van der Waals surface area contributed by atoms with Crippen LogP contribution in [0.25, 0.3) is 0 Å². The van der Waals surface area contributed by atoms with E-state index >= 15 is 0 Å². The summed E-state index contributed by atoms with van der Waals surface area (Å²) in [6.07, 6.45) is 8.05. The molecule has 0 fully saturated rings. The maximum absolute atomic E-state index is 3.96. The number of rotatable bonds is 6. The summed E-state index contributed by atoms with van der Waals surface area (Å²) >= 11 is 0. The van der Waals surface area contributed by atoms with E-state index in [0.717, 1.165) is 29.8 Å². The zero-order valence-electron chi connectivity index (χ0n) is 10.1. The fraction of sp³-hybridized carbons (Fsp3) is 0.357. The zero-order valence-corrected chi connectivity index (χ0v) is 10.1. The van der Waals surface area contributed by atoms with Gasteiger partial charge in [-0.3, -0.25) is 0 Å². The largest absolute Gasteiger partial charge is 0.359 e. The molecule has 0 spiro atoms. The topological polar surface area (TPSA) is 12.0 Å². The molecular formula is C14H21N. The van der Waals surface area contributed by atoms with Crippen LogP contribution < -0.4 is 5.32 Å². The van der Waals surface area contributed by atoms with Gasteiger partial charge in [0.25, 0.3) is 0 Å². The minimum absolute atomic E-state index is 0.792. The number of hydrogen-bond donors (Lipinski definition) is 1. The highest BCUT2D eigenvalue weighted by Gasteiger charge is 1.96. The van der Waals surface area contributed by atoms with Crippen LogP contribution in [0.5, 0.6) is 0 Å². The van der Waals surface area contributed by atoms with Crippen molar-refractivity contribution in [3.8, 4) is 0 Å². The third-order valence-electron chi connectivity index (χ3n) is 1.95. The highest BCUT2D eigenvalue weighted by Crippen LogP contribution is 2.07. The van der Waals surface area contributed by atoms with Gasteiger partial charge in [0.1, 0.15) is 0 Å². The second-order valence-corrected chi connectivity index (χ2v) is 3.42. The molecule has 1 N–H and O–H groups in total. The van der Waals surface area contributed by atoms with Crippen LogP contribution in [-0.4, -0.2) is 0 Å². The summed E-state index contributed by atoms with van der Waals surface area (Å²) < 4.78 is 0. The maximum Gasteiger partial charge on any atom is 0.0335 e. The van der Waals surface area contributed by atoms with Crippen molar-refractivity contribution in [2.24, 2.45) is 0 Å². The Bertz CT molecular complexity index is 312. The molecule has 0 saturated carbocycles. The van der Waals surface area contributed by atoms with Gasteiger partial charge >= 0.3 is 0 Å². The molecule has 0 bridgehead atoms. The fourth-order valence-electron chi connectivity index (χ4n) is 1.09. The van der Waals surface area contributed by atoms with E-state index in [1.54, 1.807) is 0 Å². The molecule has 1 nitrogen and oxygen atoms in total. The van der Waals surface area contributed by atoms with E-state index in [1.165, 1.54) is 0 Å². The Morgan fingerprint density at radius 2 is 2.13 bits per heavy atom. The number of allylic oxidation sites excluding steroid dienone is 4. The molecule has 0 aliphatic rings. The average Bonchev–Trinajstić information content (AvgIpc) is 2.23. The molecule has 0 aliphatic heterocycles. The van der Waals surface area contributed by atoms with E-state index in [4.69, 9.17) is 0 Å². The molecular weight excluding hydrogens is 182 g/mol. The van der Waals surface area contributed by atoms with Gasteiger partial charge in [-0.25, -0.2) is 0 Å². The van der Waals surface area contributed by atoms with Gasteiger partial charge in [0.2, 0.25) is 0 Å². The lowest BCUT2D eigenvalue weighted by Crippen LogP contribution is -2.10. The van der Waals surface area contributed by atoms with Gasteiger partial charge in [-0.1, -0.05) is 32.2 Å². The lowest BCUT2D eigenvalue weighted by atomic mass is 10.2. The third-order valence-corrected chi connectivity index (χ3v) is 1.95. The molecule has 0 rings (SSSR count). The van der Waals surface area contributed by atoms with Crippen molar-refractivity contribution in [3.05, 3.63) is 54.1 Å². The average molecular weight is 203 g/mol. The summed E-state index contributed by atoms with van der Waals surface area (Å²) in [6, 6.07) is 0. The molecule has 0 aromatic rings. The monoisotopic (exact) mass is 203 g/mol. The van der Waals surface area contributed by atoms with Gasteiger partial charge in [0, 0.05) is 17.8 Å². The first-order valence-electron chi connectivity index (χ1n) is 5.27. The van der Waals surface area contributed by atoms with Crippen LogP contribution in [0.3, 0.4) is 0 Å². The van der Waals surface area contributed by atoms with E-state index in [9.17, 15) is 0 Å². The normalized spacial score (nSPS) is 11.3. The Kier molecular flexibility index (Phi) is 7.13. The van der Waals surface area contributed by atoms with E-state index in [0.29, 0.717) is 0 Å². The molecule has 0 heterocycles. The first-order chi connectivity index (χ1) is 7.13.